The summed E-state index contributed by atoms with van der Waals surface area (Å²) in [5.74, 6) is 0. The third-order valence-corrected chi connectivity index (χ3v) is 5.49. The van der Waals surface area contributed by atoms with Crippen molar-refractivity contribution in [2.24, 2.45) is 0 Å². The quantitative estimate of drug-likeness (QED) is 0.536. The summed E-state index contributed by atoms with van der Waals surface area (Å²) in [6.45, 7) is 11.7. The highest BCUT2D eigenvalue weighted by Gasteiger charge is 2.11. The molecule has 0 N–H and O–H groups in total. The van der Waals surface area contributed by atoms with Gasteiger partial charge in [0.1, 0.15) is 0 Å². The Labute approximate surface area is 60.8 Å². The highest BCUT2D eigenvalue weighted by molar-refractivity contribution is 7.58. The second-order valence-corrected chi connectivity index (χ2v) is 6.26. The number of hydrogen-bond donors (Lipinski definition) is 0. The first kappa shape index (κ1) is 9.43. The fourth-order valence-corrected chi connectivity index (χ4v) is 2.39. The molecule has 2 atom stereocenters. The molecule has 9 heavy (non-hydrogen) atoms. The van der Waals surface area contributed by atoms with Gasteiger partial charge < -0.3 is 0 Å². The number of hydrogen-bond acceptors (Lipinski definition) is 0. The lowest BCUT2D eigenvalue weighted by molar-refractivity contribution is 0.876. The summed E-state index contributed by atoms with van der Waals surface area (Å²) < 4.78 is 0. The molecular formula is C8H19P. The summed E-state index contributed by atoms with van der Waals surface area (Å²) in [7, 11) is 0.299. The largest absolute Gasteiger partial charge is 0.104 e. The molecule has 0 aromatic heterocycles. The SMILES string of the molecule is CCC(C)P(C)C(C)C. The molecule has 0 aliphatic carbocycles. The molecule has 0 saturated carbocycles. The van der Waals surface area contributed by atoms with Gasteiger partial charge in [-0.15, -0.1) is 7.92 Å². The van der Waals surface area contributed by atoms with Crippen molar-refractivity contribution >= 4 is 7.92 Å². The van der Waals surface area contributed by atoms with Gasteiger partial charge in [-0.1, -0.05) is 27.7 Å². The Morgan fingerprint density at radius 3 is 1.78 bits per heavy atom. The average molecular weight is 146 g/mol. The predicted molar refractivity (Wildman–Crippen MR) is 47.7 cm³/mol. The van der Waals surface area contributed by atoms with E-state index in [0.717, 1.165) is 11.3 Å². The molecule has 56 valence electrons. The van der Waals surface area contributed by atoms with E-state index in [0.29, 0.717) is 7.92 Å². The fraction of sp³-hybridized carbons (Fsp3) is 1.00. The second-order valence-electron chi connectivity index (χ2n) is 3.02. The third kappa shape index (κ3) is 3.20. The zero-order chi connectivity index (χ0) is 7.44. The van der Waals surface area contributed by atoms with Crippen LogP contribution in [-0.2, 0) is 0 Å². The molecule has 0 nitrogen and oxygen atoms in total. The minimum Gasteiger partial charge on any atom is -0.104 e. The van der Waals surface area contributed by atoms with Crippen molar-refractivity contribution in [2.45, 2.75) is 45.4 Å². The van der Waals surface area contributed by atoms with Gasteiger partial charge in [0.05, 0.1) is 0 Å². The predicted octanol–water partition coefficient (Wildman–Crippen LogP) is 3.31. The average Bonchev–Trinajstić information content (AvgIpc) is 1.84. The maximum Gasteiger partial charge on any atom is -0.0240 e. The summed E-state index contributed by atoms with van der Waals surface area (Å²) in [6, 6.07) is 0. The first-order chi connectivity index (χ1) is 4.09. The zero-order valence-electron chi connectivity index (χ0n) is 7.31. The third-order valence-electron chi connectivity index (χ3n) is 2.10. The topological polar surface area (TPSA) is 0 Å². The van der Waals surface area contributed by atoms with Crippen molar-refractivity contribution in [3.05, 3.63) is 0 Å². The molecule has 0 aromatic carbocycles. The molecule has 0 amide bonds. The molecule has 0 radical (unpaired) electrons. The lowest BCUT2D eigenvalue weighted by Crippen LogP contribution is -2.04. The van der Waals surface area contributed by atoms with Gasteiger partial charge in [0.15, 0.2) is 0 Å². The van der Waals surface area contributed by atoms with Crippen molar-refractivity contribution in [1.29, 1.82) is 0 Å². The molecule has 0 spiro atoms. The summed E-state index contributed by atoms with van der Waals surface area (Å²) >= 11 is 0. The van der Waals surface area contributed by atoms with E-state index in [-0.39, 0.29) is 0 Å². The summed E-state index contributed by atoms with van der Waals surface area (Å²) in [4.78, 5) is 0. The van der Waals surface area contributed by atoms with Crippen LogP contribution in [0.4, 0.5) is 0 Å². The lowest BCUT2D eigenvalue weighted by Gasteiger charge is -2.22. The summed E-state index contributed by atoms with van der Waals surface area (Å²) in [5.41, 5.74) is 1.87. The lowest BCUT2D eigenvalue weighted by atomic mass is 10.4. The van der Waals surface area contributed by atoms with Gasteiger partial charge >= 0.3 is 0 Å². The van der Waals surface area contributed by atoms with Crippen LogP contribution < -0.4 is 0 Å². The van der Waals surface area contributed by atoms with Crippen LogP contribution in [-0.4, -0.2) is 18.0 Å². The molecule has 0 heterocycles. The maximum atomic E-state index is 2.41. The van der Waals surface area contributed by atoms with Crippen LogP contribution in [0.15, 0.2) is 0 Å². The van der Waals surface area contributed by atoms with Crippen LogP contribution in [0, 0.1) is 0 Å². The van der Waals surface area contributed by atoms with Gasteiger partial charge in [0.25, 0.3) is 0 Å². The van der Waals surface area contributed by atoms with E-state index in [1.807, 2.05) is 0 Å². The standard InChI is InChI=1S/C8H19P/c1-6-8(4)9(5)7(2)3/h7-8H,6H2,1-5H3. The van der Waals surface area contributed by atoms with Gasteiger partial charge in [0, 0.05) is 0 Å². The van der Waals surface area contributed by atoms with Crippen LogP contribution in [0.25, 0.3) is 0 Å². The van der Waals surface area contributed by atoms with Crippen molar-refractivity contribution in [3.8, 4) is 0 Å². The summed E-state index contributed by atoms with van der Waals surface area (Å²) in [6.07, 6.45) is 1.35. The van der Waals surface area contributed by atoms with E-state index in [4.69, 9.17) is 0 Å². The molecular weight excluding hydrogens is 127 g/mol. The minimum atomic E-state index is 0.299. The smallest absolute Gasteiger partial charge is 0.0240 e. The van der Waals surface area contributed by atoms with Gasteiger partial charge in [-0.3, -0.25) is 0 Å². The Morgan fingerprint density at radius 2 is 1.67 bits per heavy atom. The van der Waals surface area contributed by atoms with Gasteiger partial charge in [0.2, 0.25) is 0 Å². The second kappa shape index (κ2) is 4.28. The van der Waals surface area contributed by atoms with E-state index < -0.39 is 0 Å². The Balaban J connectivity index is 3.58. The van der Waals surface area contributed by atoms with Gasteiger partial charge in [-0.2, -0.15) is 0 Å². The van der Waals surface area contributed by atoms with Crippen LogP contribution in [0.5, 0.6) is 0 Å². The molecule has 0 saturated heterocycles. The Kier molecular flexibility index (Phi) is 4.48. The number of rotatable bonds is 3. The molecule has 0 aliphatic rings. The Hall–Kier alpha value is 0.430. The first-order valence-electron chi connectivity index (χ1n) is 3.81. The van der Waals surface area contributed by atoms with Crippen LogP contribution in [0.1, 0.15) is 34.1 Å². The van der Waals surface area contributed by atoms with Gasteiger partial charge in [-0.05, 0) is 24.4 Å². The van der Waals surface area contributed by atoms with Crippen LogP contribution in [0.3, 0.4) is 0 Å². The highest BCUT2D eigenvalue weighted by Crippen LogP contribution is 2.43. The van der Waals surface area contributed by atoms with Crippen molar-refractivity contribution in [3.63, 3.8) is 0 Å². The molecule has 0 fully saturated rings. The normalized spacial score (nSPS) is 18.0. The van der Waals surface area contributed by atoms with Crippen molar-refractivity contribution in [2.75, 3.05) is 6.66 Å². The van der Waals surface area contributed by atoms with E-state index in [1.165, 1.54) is 6.42 Å². The Bertz CT molecular complexity index is 69.0. The maximum absolute atomic E-state index is 2.41. The summed E-state index contributed by atoms with van der Waals surface area (Å²) in [5, 5.41) is 0. The highest BCUT2D eigenvalue weighted by atomic mass is 31.1. The van der Waals surface area contributed by atoms with E-state index >= 15 is 0 Å². The molecule has 0 aliphatic heterocycles. The molecule has 0 aromatic rings. The monoisotopic (exact) mass is 146 g/mol. The van der Waals surface area contributed by atoms with Crippen LogP contribution >= 0.6 is 7.92 Å². The minimum absolute atomic E-state index is 0.299. The van der Waals surface area contributed by atoms with Crippen LogP contribution in [0.2, 0.25) is 0 Å². The molecule has 0 bridgehead atoms. The zero-order valence-corrected chi connectivity index (χ0v) is 8.20. The van der Waals surface area contributed by atoms with Gasteiger partial charge in [-0.25, -0.2) is 0 Å². The van der Waals surface area contributed by atoms with E-state index in [1.54, 1.807) is 0 Å². The van der Waals surface area contributed by atoms with E-state index in [2.05, 4.69) is 34.4 Å². The Morgan fingerprint density at radius 1 is 1.22 bits per heavy atom. The van der Waals surface area contributed by atoms with E-state index in [9.17, 15) is 0 Å². The molecule has 1 heteroatoms. The van der Waals surface area contributed by atoms with Crippen molar-refractivity contribution < 1.29 is 0 Å². The first-order valence-corrected chi connectivity index (χ1v) is 5.74. The molecule has 2 unspecified atom stereocenters. The molecule has 0 rings (SSSR count). The fourth-order valence-electron chi connectivity index (χ4n) is 0.797. The van der Waals surface area contributed by atoms with Crippen molar-refractivity contribution in [1.82, 2.24) is 0 Å².